The molecule has 0 aliphatic heterocycles. The van der Waals surface area contributed by atoms with Crippen molar-refractivity contribution in [1.82, 2.24) is 0 Å². The van der Waals surface area contributed by atoms with Crippen LogP contribution in [0.2, 0.25) is 0 Å². The molecular weight excluding hydrogens is 327 g/mol. The van der Waals surface area contributed by atoms with E-state index in [1.165, 1.54) is 77.0 Å². The second-order valence-corrected chi connectivity index (χ2v) is 6.71. The number of esters is 1. The van der Waals surface area contributed by atoms with Crippen LogP contribution in [0.15, 0.2) is 0 Å². The minimum atomic E-state index is -0.955. The summed E-state index contributed by atoms with van der Waals surface area (Å²) in [4.78, 5) is 21.5. The van der Waals surface area contributed by atoms with E-state index in [1.54, 1.807) is 0 Å². The number of hydrogen-bond donors (Lipinski definition) is 1. The predicted octanol–water partition coefficient (Wildman–Crippen LogP) is 2.99. The Balaban J connectivity index is -0.00000264. The van der Waals surface area contributed by atoms with E-state index in [4.69, 9.17) is 9.84 Å². The summed E-state index contributed by atoms with van der Waals surface area (Å²) in [6, 6.07) is 0. The molecule has 5 heteroatoms. The maximum atomic E-state index is 11.2. The standard InChI is InChI=1S/C20H38O4.Na.H/c1-2-3-4-5-6-7-8-9-10-11-12-13-14-15-18-24-20(23)17-16-19(21)22;;/h2-18H2,1H3,(H,21,22);;/q;+1;-1. The van der Waals surface area contributed by atoms with Crippen LogP contribution in [0.4, 0.5) is 0 Å². The van der Waals surface area contributed by atoms with Gasteiger partial charge in [0, 0.05) is 0 Å². The monoisotopic (exact) mass is 366 g/mol. The van der Waals surface area contributed by atoms with Crippen molar-refractivity contribution < 1.29 is 50.4 Å². The Labute approximate surface area is 178 Å². The Hall–Kier alpha value is -0.0600. The first-order valence-corrected chi connectivity index (χ1v) is 10.0. The van der Waals surface area contributed by atoms with Crippen molar-refractivity contribution in [1.29, 1.82) is 0 Å². The van der Waals surface area contributed by atoms with E-state index >= 15 is 0 Å². The van der Waals surface area contributed by atoms with Gasteiger partial charge in [-0.15, -0.1) is 0 Å². The van der Waals surface area contributed by atoms with Crippen molar-refractivity contribution >= 4 is 11.9 Å². The summed E-state index contributed by atoms with van der Waals surface area (Å²) >= 11 is 0. The summed E-state index contributed by atoms with van der Waals surface area (Å²) in [5.41, 5.74) is 0. The molecule has 0 fully saturated rings. The first-order valence-electron chi connectivity index (χ1n) is 10.0. The molecule has 0 saturated carbocycles. The van der Waals surface area contributed by atoms with Crippen molar-refractivity contribution in [3.63, 3.8) is 0 Å². The van der Waals surface area contributed by atoms with Gasteiger partial charge in [-0.05, 0) is 6.42 Å². The second kappa shape index (κ2) is 22.0. The van der Waals surface area contributed by atoms with Gasteiger partial charge in [-0.2, -0.15) is 0 Å². The van der Waals surface area contributed by atoms with E-state index in [9.17, 15) is 9.59 Å². The molecule has 0 spiro atoms. The molecule has 0 atom stereocenters. The molecule has 0 aromatic carbocycles. The normalized spacial score (nSPS) is 10.3. The molecule has 0 aliphatic carbocycles. The number of unbranched alkanes of at least 4 members (excludes halogenated alkanes) is 13. The summed E-state index contributed by atoms with van der Waals surface area (Å²) in [5, 5.41) is 8.46. The number of hydrogen-bond acceptors (Lipinski definition) is 3. The van der Waals surface area contributed by atoms with Gasteiger partial charge in [0.1, 0.15) is 0 Å². The van der Waals surface area contributed by atoms with E-state index in [-0.39, 0.29) is 43.8 Å². The fourth-order valence-corrected chi connectivity index (χ4v) is 2.76. The van der Waals surface area contributed by atoms with E-state index in [0.717, 1.165) is 12.8 Å². The second-order valence-electron chi connectivity index (χ2n) is 6.71. The van der Waals surface area contributed by atoms with Crippen LogP contribution >= 0.6 is 0 Å². The molecule has 1 N–H and O–H groups in total. The number of carboxylic acids is 1. The number of ether oxygens (including phenoxy) is 1. The molecule has 0 aromatic heterocycles. The van der Waals surface area contributed by atoms with Crippen LogP contribution < -0.4 is 29.6 Å². The Bertz CT molecular complexity index is 314. The molecule has 0 bridgehead atoms. The van der Waals surface area contributed by atoms with Crippen molar-refractivity contribution in [3.05, 3.63) is 0 Å². The van der Waals surface area contributed by atoms with E-state index in [1.807, 2.05) is 0 Å². The zero-order valence-corrected chi connectivity index (χ0v) is 18.7. The summed E-state index contributed by atoms with van der Waals surface area (Å²) in [5.74, 6) is -1.35. The average molecular weight is 367 g/mol. The van der Waals surface area contributed by atoms with Crippen molar-refractivity contribution in [2.45, 2.75) is 110 Å². The summed E-state index contributed by atoms with van der Waals surface area (Å²) in [6.07, 6.45) is 18.0. The zero-order chi connectivity index (χ0) is 17.9. The van der Waals surface area contributed by atoms with E-state index < -0.39 is 11.9 Å². The van der Waals surface area contributed by atoms with Gasteiger partial charge in [0.2, 0.25) is 0 Å². The van der Waals surface area contributed by atoms with Gasteiger partial charge in [-0.3, -0.25) is 9.59 Å². The van der Waals surface area contributed by atoms with Crippen molar-refractivity contribution in [2.24, 2.45) is 0 Å². The smallest absolute Gasteiger partial charge is 1.00 e. The van der Waals surface area contributed by atoms with Gasteiger partial charge >= 0.3 is 41.5 Å². The molecule has 0 amide bonds. The largest absolute Gasteiger partial charge is 1.00 e. The van der Waals surface area contributed by atoms with Crippen molar-refractivity contribution in [3.8, 4) is 0 Å². The van der Waals surface area contributed by atoms with Crippen LogP contribution in [0, 0.1) is 0 Å². The number of carbonyl (C=O) groups excluding carboxylic acids is 1. The van der Waals surface area contributed by atoms with Crippen molar-refractivity contribution in [2.75, 3.05) is 6.61 Å². The van der Waals surface area contributed by atoms with Crippen LogP contribution in [0.5, 0.6) is 0 Å². The minimum Gasteiger partial charge on any atom is -1.00 e. The van der Waals surface area contributed by atoms with Crippen LogP contribution in [-0.4, -0.2) is 23.7 Å². The van der Waals surface area contributed by atoms with Crippen LogP contribution in [0.1, 0.15) is 111 Å². The van der Waals surface area contributed by atoms with Gasteiger partial charge in [-0.25, -0.2) is 0 Å². The number of carbonyl (C=O) groups is 2. The van der Waals surface area contributed by atoms with Gasteiger partial charge in [0.05, 0.1) is 19.4 Å². The van der Waals surface area contributed by atoms with Gasteiger partial charge in [0.15, 0.2) is 0 Å². The number of carboxylic acid groups (broad SMARTS) is 1. The minimum absolute atomic E-state index is 0. The fourth-order valence-electron chi connectivity index (χ4n) is 2.76. The van der Waals surface area contributed by atoms with E-state index in [2.05, 4.69) is 6.92 Å². The molecule has 25 heavy (non-hydrogen) atoms. The quantitative estimate of drug-likeness (QED) is 0.230. The SMILES string of the molecule is CCCCCCCCCCCCCCCCOC(=O)CCC(=O)O.[H-].[Na+]. The Morgan fingerprint density at radius 1 is 0.720 bits per heavy atom. The number of rotatable bonds is 18. The maximum Gasteiger partial charge on any atom is 1.00 e. The average Bonchev–Trinajstić information content (AvgIpc) is 2.56. The molecule has 0 unspecified atom stereocenters. The summed E-state index contributed by atoms with van der Waals surface area (Å²) in [7, 11) is 0. The van der Waals surface area contributed by atoms with Crippen LogP contribution in [0.25, 0.3) is 0 Å². The van der Waals surface area contributed by atoms with Gasteiger partial charge in [-0.1, -0.05) is 90.4 Å². The van der Waals surface area contributed by atoms with Crippen LogP contribution in [-0.2, 0) is 14.3 Å². The third kappa shape index (κ3) is 23.9. The molecule has 0 radical (unpaired) electrons. The van der Waals surface area contributed by atoms with Gasteiger partial charge < -0.3 is 11.3 Å². The molecule has 0 saturated heterocycles. The fraction of sp³-hybridized carbons (Fsp3) is 0.900. The first kappa shape index (κ1) is 27.2. The Morgan fingerprint density at radius 2 is 1.12 bits per heavy atom. The third-order valence-corrected chi connectivity index (χ3v) is 4.30. The van der Waals surface area contributed by atoms with Gasteiger partial charge in [0.25, 0.3) is 0 Å². The molecule has 144 valence electrons. The maximum absolute atomic E-state index is 11.2. The zero-order valence-electron chi connectivity index (χ0n) is 17.7. The number of aliphatic carboxylic acids is 1. The molecule has 0 rings (SSSR count). The van der Waals surface area contributed by atoms with Crippen LogP contribution in [0.3, 0.4) is 0 Å². The molecule has 0 aromatic rings. The molecule has 0 heterocycles. The summed E-state index contributed by atoms with van der Waals surface area (Å²) < 4.78 is 5.00. The Kier molecular flexibility index (Phi) is 23.9. The first-order chi connectivity index (χ1) is 11.7. The topological polar surface area (TPSA) is 63.6 Å². The summed E-state index contributed by atoms with van der Waals surface area (Å²) in [6.45, 7) is 2.69. The van der Waals surface area contributed by atoms with E-state index in [0.29, 0.717) is 6.61 Å². The Morgan fingerprint density at radius 3 is 1.52 bits per heavy atom. The third-order valence-electron chi connectivity index (χ3n) is 4.30. The molecule has 4 nitrogen and oxygen atoms in total. The molecule has 0 aliphatic rings. The predicted molar refractivity (Wildman–Crippen MR) is 99.3 cm³/mol. The molecular formula is C20H39NaO4.